The summed E-state index contributed by atoms with van der Waals surface area (Å²) in [6.07, 6.45) is 1.06. The number of carbonyl (C=O) groups excluding carboxylic acids is 2. The van der Waals surface area contributed by atoms with Crippen LogP contribution in [0.2, 0.25) is 0 Å². The zero-order valence-corrected chi connectivity index (χ0v) is 13.5. The van der Waals surface area contributed by atoms with Gasteiger partial charge < -0.3 is 10.1 Å². The molecule has 1 aromatic carbocycles. The Morgan fingerprint density at radius 2 is 1.96 bits per heavy atom. The number of halogens is 1. The van der Waals surface area contributed by atoms with Crippen LogP contribution in [0, 0.1) is 0 Å². The van der Waals surface area contributed by atoms with E-state index in [4.69, 9.17) is 20.9 Å². The summed E-state index contributed by atoms with van der Waals surface area (Å²) in [4.78, 5) is 23.9. The Morgan fingerprint density at radius 3 is 2.46 bits per heavy atom. The summed E-state index contributed by atoms with van der Waals surface area (Å²) in [6, 6.07) is 5.48. The summed E-state index contributed by atoms with van der Waals surface area (Å²) in [7, 11) is -4.54. The van der Waals surface area contributed by atoms with Crippen molar-refractivity contribution in [3.05, 3.63) is 41.1 Å². The number of hydrogen-bond acceptors (Lipinski definition) is 5. The normalized spacial score (nSPS) is 17.5. The van der Waals surface area contributed by atoms with E-state index < -0.39 is 21.5 Å². The van der Waals surface area contributed by atoms with Gasteiger partial charge in [-0.15, -0.1) is 0 Å². The molecule has 1 atom stereocenters. The molecule has 0 saturated carbocycles. The molecule has 2 amide bonds. The van der Waals surface area contributed by atoms with Gasteiger partial charge in [0.1, 0.15) is 5.75 Å². The molecule has 0 saturated heterocycles. The summed E-state index contributed by atoms with van der Waals surface area (Å²) >= 11 is 5.74. The minimum atomic E-state index is -4.54. The summed E-state index contributed by atoms with van der Waals surface area (Å²) in [6.45, 7) is 1.20. The molecule has 8 nitrogen and oxygen atoms in total. The summed E-state index contributed by atoms with van der Waals surface area (Å²) in [5, 5.41) is 0.0734. The Morgan fingerprint density at radius 1 is 1.38 bits per heavy atom. The molecule has 0 fully saturated rings. The van der Waals surface area contributed by atoms with E-state index in [9.17, 15) is 18.0 Å². The molecule has 0 bridgehead atoms. The number of urea groups is 1. The third kappa shape index (κ3) is 5.20. The van der Waals surface area contributed by atoms with Gasteiger partial charge in [0.15, 0.2) is 17.9 Å². The second-order valence-corrected chi connectivity index (χ2v) is 6.62. The number of carbonyl (C=O) groups is 2. The van der Waals surface area contributed by atoms with Crippen LogP contribution in [-0.2, 0) is 10.1 Å². The van der Waals surface area contributed by atoms with Crippen LogP contribution in [0.25, 0.3) is 0 Å². The molecule has 1 aromatic rings. The molecule has 1 unspecified atom stereocenters. The fourth-order valence-electron chi connectivity index (χ4n) is 1.78. The van der Waals surface area contributed by atoms with Gasteiger partial charge in [-0.3, -0.25) is 14.2 Å². The van der Waals surface area contributed by atoms with E-state index in [1.54, 1.807) is 24.3 Å². The molecule has 1 aliphatic rings. The van der Waals surface area contributed by atoms with Crippen molar-refractivity contribution >= 4 is 63.1 Å². The van der Waals surface area contributed by atoms with Gasteiger partial charge in [-0.1, -0.05) is 11.6 Å². The molecular formula is C13H14ClN2NaO6S. The summed E-state index contributed by atoms with van der Waals surface area (Å²) < 4.78 is 36.4. The van der Waals surface area contributed by atoms with Crippen molar-refractivity contribution in [3.63, 3.8) is 0 Å². The number of ketones is 1. The van der Waals surface area contributed by atoms with Crippen LogP contribution in [0.3, 0.4) is 0 Å². The average Bonchev–Trinajstić information content (AvgIpc) is 2.47. The molecule has 2 rings (SSSR count). The van der Waals surface area contributed by atoms with Gasteiger partial charge >= 0.3 is 35.6 Å². The van der Waals surface area contributed by atoms with Crippen LogP contribution >= 0.6 is 11.6 Å². The van der Waals surface area contributed by atoms with E-state index in [1.807, 2.05) is 5.32 Å². The number of hydrogen-bond donors (Lipinski definition) is 2. The SMILES string of the molecule is CC(=O)c1ccc(OCN2C=C(Cl)C(S(=O)(=O)O)NC2=O)cc1.[NaH]. The van der Waals surface area contributed by atoms with Crippen LogP contribution in [0.15, 0.2) is 35.5 Å². The van der Waals surface area contributed by atoms with E-state index in [0.29, 0.717) is 11.3 Å². The van der Waals surface area contributed by atoms with Gasteiger partial charge in [0, 0.05) is 11.8 Å². The van der Waals surface area contributed by atoms with Crippen molar-refractivity contribution < 1.29 is 27.3 Å². The maximum absolute atomic E-state index is 11.8. The first-order valence-corrected chi connectivity index (χ1v) is 8.21. The predicted molar refractivity (Wildman–Crippen MR) is 88.7 cm³/mol. The molecule has 0 aromatic heterocycles. The van der Waals surface area contributed by atoms with Crippen molar-refractivity contribution in [1.29, 1.82) is 0 Å². The van der Waals surface area contributed by atoms with Crippen LogP contribution < -0.4 is 10.1 Å². The van der Waals surface area contributed by atoms with Gasteiger partial charge in [0.25, 0.3) is 10.1 Å². The first-order valence-electron chi connectivity index (χ1n) is 6.33. The van der Waals surface area contributed by atoms with E-state index in [2.05, 4.69) is 0 Å². The van der Waals surface area contributed by atoms with E-state index in [-0.39, 0.29) is 47.1 Å². The number of rotatable bonds is 5. The summed E-state index contributed by atoms with van der Waals surface area (Å²) in [5.41, 5.74) is 0.520. The molecule has 24 heavy (non-hydrogen) atoms. The average molecular weight is 385 g/mol. The van der Waals surface area contributed by atoms with Gasteiger partial charge in [-0.25, -0.2) is 4.79 Å². The number of nitrogens with zero attached hydrogens (tertiary/aromatic N) is 1. The van der Waals surface area contributed by atoms with Crippen molar-refractivity contribution in [1.82, 2.24) is 10.2 Å². The first kappa shape index (κ1) is 20.9. The van der Waals surface area contributed by atoms with E-state index in [1.165, 1.54) is 6.92 Å². The van der Waals surface area contributed by atoms with E-state index >= 15 is 0 Å². The van der Waals surface area contributed by atoms with Gasteiger partial charge in [-0.2, -0.15) is 8.42 Å². The molecule has 126 valence electrons. The van der Waals surface area contributed by atoms with Crippen molar-refractivity contribution in [3.8, 4) is 5.75 Å². The van der Waals surface area contributed by atoms with Crippen molar-refractivity contribution in [2.45, 2.75) is 12.3 Å². The number of amides is 2. The topological polar surface area (TPSA) is 113 Å². The van der Waals surface area contributed by atoms with E-state index in [0.717, 1.165) is 11.1 Å². The first-order chi connectivity index (χ1) is 10.7. The summed E-state index contributed by atoms with van der Waals surface area (Å²) in [5.74, 6) is 0.321. The van der Waals surface area contributed by atoms with Crippen LogP contribution in [0.1, 0.15) is 17.3 Å². The monoisotopic (exact) mass is 384 g/mol. The molecule has 0 aliphatic carbocycles. The van der Waals surface area contributed by atoms with Crippen LogP contribution in [-0.4, -0.2) is 71.3 Å². The van der Waals surface area contributed by atoms with Crippen LogP contribution in [0.4, 0.5) is 4.79 Å². The number of Topliss-reactive ketones (excluding diaryl/α,β-unsaturated/α-hetero) is 1. The zero-order chi connectivity index (χ0) is 17.2. The minimum absolute atomic E-state index is 0. The van der Waals surface area contributed by atoms with Crippen molar-refractivity contribution in [2.75, 3.05) is 6.73 Å². The fourth-order valence-corrected chi connectivity index (χ4v) is 2.89. The molecule has 1 aliphatic heterocycles. The van der Waals surface area contributed by atoms with Crippen LogP contribution in [0.5, 0.6) is 5.75 Å². The zero-order valence-electron chi connectivity index (χ0n) is 11.9. The fraction of sp³-hybridized carbons (Fsp3) is 0.231. The Kier molecular flexibility index (Phi) is 7.26. The Balaban J connectivity index is 0.00000288. The molecule has 2 N–H and O–H groups in total. The molecule has 11 heteroatoms. The number of nitrogens with one attached hydrogen (secondary N) is 1. The predicted octanol–water partition coefficient (Wildman–Crippen LogP) is 0.896. The standard InChI is InChI=1S/C13H13ClN2O6S.Na.H/c1-8(17)9-2-4-10(5-3-9)22-7-16-6-11(14)12(15-13(16)18)23(19,20)21;;/h2-6,12H,7H2,1H3,(H,15,18)(H,19,20,21);;. The molecular weight excluding hydrogens is 371 g/mol. The Labute approximate surface area is 165 Å². The van der Waals surface area contributed by atoms with Gasteiger partial charge in [-0.05, 0) is 31.2 Å². The second-order valence-electron chi connectivity index (χ2n) is 4.68. The van der Waals surface area contributed by atoms with Gasteiger partial charge in [0.2, 0.25) is 0 Å². The molecule has 0 spiro atoms. The number of ether oxygens (including phenoxy) is 1. The number of benzene rings is 1. The molecule has 0 radical (unpaired) electrons. The van der Waals surface area contributed by atoms with Crippen molar-refractivity contribution in [2.24, 2.45) is 0 Å². The Hall–Kier alpha value is -1.10. The third-order valence-corrected chi connectivity index (χ3v) is 4.39. The van der Waals surface area contributed by atoms with Gasteiger partial charge in [0.05, 0.1) is 5.03 Å². The quantitative estimate of drug-likeness (QED) is 0.443. The Bertz CT molecular complexity index is 765. The maximum atomic E-state index is 11.8. The molecule has 1 heterocycles. The second kappa shape index (κ2) is 8.32. The third-order valence-electron chi connectivity index (χ3n) is 2.97.